The highest BCUT2D eigenvalue weighted by Crippen LogP contribution is 2.30. The molecule has 18 heavy (non-hydrogen) atoms. The van der Waals surface area contributed by atoms with E-state index in [1.54, 1.807) is 11.3 Å². The second-order valence-electron chi connectivity index (χ2n) is 5.33. The van der Waals surface area contributed by atoms with Gasteiger partial charge in [0, 0.05) is 23.5 Å². The first kappa shape index (κ1) is 13.8. The van der Waals surface area contributed by atoms with Gasteiger partial charge >= 0.3 is 6.03 Å². The van der Waals surface area contributed by atoms with E-state index in [0.29, 0.717) is 6.54 Å². The van der Waals surface area contributed by atoms with Crippen molar-refractivity contribution in [3.8, 4) is 0 Å². The van der Waals surface area contributed by atoms with E-state index in [1.807, 2.05) is 24.8 Å². The van der Waals surface area contributed by atoms with Gasteiger partial charge in [-0.25, -0.2) is 4.79 Å². The zero-order chi connectivity index (χ0) is 13.3. The molecule has 4 nitrogen and oxygen atoms in total. The number of carbonyl (C=O) groups excluding carboxylic acids is 1. The van der Waals surface area contributed by atoms with Gasteiger partial charge in [0.1, 0.15) is 0 Å². The molecule has 2 rings (SSSR count). The van der Waals surface area contributed by atoms with Crippen LogP contribution < -0.4 is 11.1 Å². The van der Waals surface area contributed by atoms with Crippen LogP contribution in [0, 0.1) is 0 Å². The van der Waals surface area contributed by atoms with Gasteiger partial charge in [-0.3, -0.25) is 0 Å². The van der Waals surface area contributed by atoms with Gasteiger partial charge in [0.2, 0.25) is 0 Å². The highest BCUT2D eigenvalue weighted by Gasteiger charge is 2.31. The predicted octanol–water partition coefficient (Wildman–Crippen LogP) is 2.70. The SMILES string of the molecule is CC(C)(N)CCN1CC(c2ccc(Br)s2)NC1=O. The van der Waals surface area contributed by atoms with Crippen molar-refractivity contribution in [3.05, 3.63) is 20.8 Å². The summed E-state index contributed by atoms with van der Waals surface area (Å²) in [7, 11) is 0. The Morgan fingerprint density at radius 2 is 2.33 bits per heavy atom. The fraction of sp³-hybridized carbons (Fsp3) is 0.583. The number of carbonyl (C=O) groups is 1. The van der Waals surface area contributed by atoms with Crippen molar-refractivity contribution in [2.24, 2.45) is 5.73 Å². The van der Waals surface area contributed by atoms with Crippen LogP contribution >= 0.6 is 27.3 Å². The summed E-state index contributed by atoms with van der Waals surface area (Å²) in [6.07, 6.45) is 0.807. The minimum atomic E-state index is -0.232. The Kier molecular flexibility index (Phi) is 3.99. The molecule has 1 fully saturated rings. The van der Waals surface area contributed by atoms with Crippen LogP contribution in [0.3, 0.4) is 0 Å². The molecule has 6 heteroatoms. The minimum Gasteiger partial charge on any atom is -0.329 e. The third-order valence-electron chi connectivity index (χ3n) is 2.95. The number of amides is 2. The molecule has 0 aromatic carbocycles. The largest absolute Gasteiger partial charge is 0.329 e. The number of hydrogen-bond donors (Lipinski definition) is 2. The number of thiophene rings is 1. The van der Waals surface area contributed by atoms with Crippen molar-refractivity contribution in [2.75, 3.05) is 13.1 Å². The summed E-state index contributed by atoms with van der Waals surface area (Å²) in [5, 5.41) is 3.01. The Balaban J connectivity index is 1.95. The van der Waals surface area contributed by atoms with E-state index in [4.69, 9.17) is 5.73 Å². The summed E-state index contributed by atoms with van der Waals surface area (Å²) in [6, 6.07) is 4.18. The van der Waals surface area contributed by atoms with E-state index in [9.17, 15) is 4.79 Å². The fourth-order valence-electron chi connectivity index (χ4n) is 1.88. The summed E-state index contributed by atoms with van der Waals surface area (Å²) < 4.78 is 1.09. The van der Waals surface area contributed by atoms with E-state index in [2.05, 4.69) is 27.3 Å². The zero-order valence-corrected chi connectivity index (χ0v) is 13.0. The average molecular weight is 332 g/mol. The van der Waals surface area contributed by atoms with Gasteiger partial charge in [0.15, 0.2) is 0 Å². The molecule has 0 bridgehead atoms. The lowest BCUT2D eigenvalue weighted by Crippen LogP contribution is -2.38. The normalized spacial score (nSPS) is 20.3. The van der Waals surface area contributed by atoms with Crippen molar-refractivity contribution in [3.63, 3.8) is 0 Å². The first-order valence-electron chi connectivity index (χ1n) is 5.95. The number of hydrogen-bond acceptors (Lipinski definition) is 3. The summed E-state index contributed by atoms with van der Waals surface area (Å²) in [6.45, 7) is 5.39. The number of rotatable bonds is 4. The quantitative estimate of drug-likeness (QED) is 0.891. The molecule has 100 valence electrons. The van der Waals surface area contributed by atoms with Crippen LogP contribution in [0.15, 0.2) is 15.9 Å². The Morgan fingerprint density at radius 3 is 2.89 bits per heavy atom. The number of nitrogens with one attached hydrogen (secondary N) is 1. The Morgan fingerprint density at radius 1 is 1.61 bits per heavy atom. The van der Waals surface area contributed by atoms with Gasteiger partial charge < -0.3 is 16.0 Å². The lowest BCUT2D eigenvalue weighted by Gasteiger charge is -2.22. The van der Waals surface area contributed by atoms with Crippen molar-refractivity contribution in [2.45, 2.75) is 31.8 Å². The van der Waals surface area contributed by atoms with Gasteiger partial charge in [-0.1, -0.05) is 0 Å². The van der Waals surface area contributed by atoms with Crippen LogP contribution in [0.25, 0.3) is 0 Å². The zero-order valence-electron chi connectivity index (χ0n) is 10.6. The smallest absolute Gasteiger partial charge is 0.318 e. The third-order valence-corrected chi connectivity index (χ3v) is 4.69. The van der Waals surface area contributed by atoms with Gasteiger partial charge in [-0.2, -0.15) is 0 Å². The molecule has 1 aliphatic rings. The molecule has 0 aliphatic carbocycles. The van der Waals surface area contributed by atoms with E-state index in [0.717, 1.165) is 16.8 Å². The highest BCUT2D eigenvalue weighted by molar-refractivity contribution is 9.11. The topological polar surface area (TPSA) is 58.4 Å². The molecule has 0 spiro atoms. The van der Waals surface area contributed by atoms with Crippen LogP contribution in [-0.2, 0) is 0 Å². The molecule has 1 saturated heterocycles. The molecule has 0 saturated carbocycles. The van der Waals surface area contributed by atoms with Crippen molar-refractivity contribution in [1.82, 2.24) is 10.2 Å². The number of nitrogens with two attached hydrogens (primary N) is 1. The molecule has 2 amide bonds. The van der Waals surface area contributed by atoms with Crippen LogP contribution in [-0.4, -0.2) is 29.6 Å². The van der Waals surface area contributed by atoms with Gasteiger partial charge in [0.25, 0.3) is 0 Å². The molecule has 1 aromatic heterocycles. The molecule has 1 unspecified atom stereocenters. The van der Waals surface area contributed by atoms with Crippen molar-refractivity contribution in [1.29, 1.82) is 0 Å². The van der Waals surface area contributed by atoms with Crippen molar-refractivity contribution >= 4 is 33.3 Å². The third kappa shape index (κ3) is 3.46. The number of urea groups is 1. The monoisotopic (exact) mass is 331 g/mol. The summed E-state index contributed by atoms with van der Waals surface area (Å²) in [5.74, 6) is 0. The molecular weight excluding hydrogens is 314 g/mol. The molecule has 1 atom stereocenters. The van der Waals surface area contributed by atoms with Crippen molar-refractivity contribution < 1.29 is 4.79 Å². The first-order chi connectivity index (χ1) is 8.35. The van der Waals surface area contributed by atoms with Crippen LogP contribution in [0.5, 0.6) is 0 Å². The first-order valence-corrected chi connectivity index (χ1v) is 7.56. The number of nitrogens with zero attached hydrogens (tertiary/aromatic N) is 1. The molecule has 1 aliphatic heterocycles. The maximum atomic E-state index is 11.8. The maximum absolute atomic E-state index is 11.8. The summed E-state index contributed by atoms with van der Waals surface area (Å²) in [4.78, 5) is 14.9. The lowest BCUT2D eigenvalue weighted by atomic mass is 10.0. The standard InChI is InChI=1S/C12H18BrN3OS/c1-12(2,14)5-6-16-7-8(15-11(16)17)9-3-4-10(13)18-9/h3-4,8H,5-7,14H2,1-2H3,(H,15,17). The Labute approximate surface area is 120 Å². The Bertz CT molecular complexity index is 441. The minimum absolute atomic E-state index is 0.00812. The summed E-state index contributed by atoms with van der Waals surface area (Å²) >= 11 is 5.11. The molecular formula is C12H18BrN3OS. The van der Waals surface area contributed by atoms with E-state index >= 15 is 0 Å². The number of halogens is 1. The lowest BCUT2D eigenvalue weighted by molar-refractivity contribution is 0.213. The molecule has 0 radical (unpaired) electrons. The van der Waals surface area contributed by atoms with Gasteiger partial charge in [-0.15, -0.1) is 11.3 Å². The second-order valence-corrected chi connectivity index (χ2v) is 7.82. The molecule has 2 heterocycles. The Hall–Kier alpha value is -0.590. The maximum Gasteiger partial charge on any atom is 0.318 e. The second kappa shape index (κ2) is 5.19. The van der Waals surface area contributed by atoms with Gasteiger partial charge in [-0.05, 0) is 48.3 Å². The average Bonchev–Trinajstić information content (AvgIpc) is 2.81. The van der Waals surface area contributed by atoms with Crippen LogP contribution in [0.2, 0.25) is 0 Å². The van der Waals surface area contributed by atoms with E-state index < -0.39 is 0 Å². The molecule has 3 N–H and O–H groups in total. The predicted molar refractivity (Wildman–Crippen MR) is 77.7 cm³/mol. The van der Waals surface area contributed by atoms with Gasteiger partial charge in [0.05, 0.1) is 9.83 Å². The van der Waals surface area contributed by atoms with E-state index in [1.165, 1.54) is 4.88 Å². The summed E-state index contributed by atoms with van der Waals surface area (Å²) in [5.41, 5.74) is 5.71. The molecule has 1 aromatic rings. The van der Waals surface area contributed by atoms with Crippen LogP contribution in [0.1, 0.15) is 31.2 Å². The van der Waals surface area contributed by atoms with E-state index in [-0.39, 0.29) is 17.6 Å². The van der Waals surface area contributed by atoms with Crippen LogP contribution in [0.4, 0.5) is 4.79 Å². The highest BCUT2D eigenvalue weighted by atomic mass is 79.9. The fourth-order valence-corrected chi connectivity index (χ4v) is 3.35.